The van der Waals surface area contributed by atoms with Crippen molar-refractivity contribution in [2.75, 3.05) is 5.73 Å². The van der Waals surface area contributed by atoms with Gasteiger partial charge in [0.1, 0.15) is 4.88 Å². The van der Waals surface area contributed by atoms with E-state index in [9.17, 15) is 4.79 Å². The zero-order valence-electron chi connectivity index (χ0n) is 10.1. The number of hydrazone groups is 1. The molecule has 0 aliphatic heterocycles. The molecule has 2 aromatic rings. The molecular formula is C12H11ClN4OS. The molecule has 98 valence electrons. The van der Waals surface area contributed by atoms with E-state index in [2.05, 4.69) is 15.5 Å². The molecule has 19 heavy (non-hydrogen) atoms. The molecule has 0 spiro atoms. The third-order valence-corrected chi connectivity index (χ3v) is 3.51. The van der Waals surface area contributed by atoms with Crippen LogP contribution in [0, 0.1) is 6.92 Å². The minimum atomic E-state index is -0.322. The first kappa shape index (κ1) is 13.5. The molecule has 1 amide bonds. The number of rotatable bonds is 3. The molecule has 0 aliphatic carbocycles. The maximum absolute atomic E-state index is 11.8. The molecule has 1 aromatic heterocycles. The minimum Gasteiger partial charge on any atom is -0.375 e. The molecule has 2 rings (SSSR count). The molecule has 0 aliphatic rings. The summed E-state index contributed by atoms with van der Waals surface area (Å²) in [4.78, 5) is 16.2. The molecule has 1 aromatic carbocycles. The predicted molar refractivity (Wildman–Crippen MR) is 77.8 cm³/mol. The van der Waals surface area contributed by atoms with Gasteiger partial charge in [0.15, 0.2) is 5.13 Å². The van der Waals surface area contributed by atoms with E-state index in [1.165, 1.54) is 6.21 Å². The zero-order chi connectivity index (χ0) is 13.8. The number of halogens is 1. The second kappa shape index (κ2) is 5.81. The molecule has 7 heteroatoms. The number of aryl methyl sites for hydroxylation is 1. The molecule has 0 bridgehead atoms. The van der Waals surface area contributed by atoms with Crippen LogP contribution in [0.3, 0.4) is 0 Å². The fourth-order valence-electron chi connectivity index (χ4n) is 1.39. The van der Waals surface area contributed by atoms with Crippen molar-refractivity contribution in [1.29, 1.82) is 0 Å². The largest absolute Gasteiger partial charge is 0.375 e. The Morgan fingerprint density at radius 1 is 1.47 bits per heavy atom. The molecule has 0 saturated carbocycles. The SMILES string of the molecule is Cc1nc(N)sc1C(=O)NN=Cc1ccc(Cl)cc1. The Labute approximate surface area is 119 Å². The number of carbonyl (C=O) groups is 1. The summed E-state index contributed by atoms with van der Waals surface area (Å²) in [5.74, 6) is -0.322. The average molecular weight is 295 g/mol. The van der Waals surface area contributed by atoms with Crippen molar-refractivity contribution in [3.8, 4) is 0 Å². The van der Waals surface area contributed by atoms with E-state index in [0.717, 1.165) is 16.9 Å². The van der Waals surface area contributed by atoms with Crippen LogP contribution in [0.4, 0.5) is 5.13 Å². The molecule has 0 saturated heterocycles. The number of nitrogens with one attached hydrogen (secondary N) is 1. The van der Waals surface area contributed by atoms with Gasteiger partial charge in [-0.2, -0.15) is 5.10 Å². The summed E-state index contributed by atoms with van der Waals surface area (Å²) in [5, 5.41) is 4.88. The number of amides is 1. The topological polar surface area (TPSA) is 80.4 Å². The van der Waals surface area contributed by atoms with Gasteiger partial charge in [-0.3, -0.25) is 4.79 Å². The van der Waals surface area contributed by atoms with Crippen LogP contribution in [0.25, 0.3) is 0 Å². The Balaban J connectivity index is 2.00. The summed E-state index contributed by atoms with van der Waals surface area (Å²) in [6.07, 6.45) is 1.54. The van der Waals surface area contributed by atoms with Gasteiger partial charge in [-0.25, -0.2) is 10.4 Å². The number of nitrogens with two attached hydrogens (primary N) is 1. The van der Waals surface area contributed by atoms with Crippen LogP contribution in [0.1, 0.15) is 20.9 Å². The van der Waals surface area contributed by atoms with Crippen LogP contribution in [0.15, 0.2) is 29.4 Å². The summed E-state index contributed by atoms with van der Waals surface area (Å²) in [7, 11) is 0. The van der Waals surface area contributed by atoms with Crippen LogP contribution in [0.5, 0.6) is 0 Å². The van der Waals surface area contributed by atoms with Crippen LogP contribution < -0.4 is 11.2 Å². The third kappa shape index (κ3) is 3.52. The lowest BCUT2D eigenvalue weighted by atomic mass is 10.2. The maximum atomic E-state index is 11.8. The molecule has 5 nitrogen and oxygen atoms in total. The van der Waals surface area contributed by atoms with E-state index >= 15 is 0 Å². The smallest absolute Gasteiger partial charge is 0.283 e. The van der Waals surface area contributed by atoms with Crippen molar-refractivity contribution in [3.05, 3.63) is 45.4 Å². The summed E-state index contributed by atoms with van der Waals surface area (Å²) in [6, 6.07) is 7.10. The van der Waals surface area contributed by atoms with Crippen LogP contribution in [-0.4, -0.2) is 17.1 Å². The number of anilines is 1. The molecule has 0 fully saturated rings. The summed E-state index contributed by atoms with van der Waals surface area (Å²) >= 11 is 6.90. The second-order valence-electron chi connectivity index (χ2n) is 3.72. The van der Waals surface area contributed by atoms with Gasteiger partial charge in [0.25, 0.3) is 5.91 Å². The monoisotopic (exact) mass is 294 g/mol. The Bertz CT molecular complexity index is 621. The highest BCUT2D eigenvalue weighted by Gasteiger charge is 2.12. The average Bonchev–Trinajstić information content (AvgIpc) is 2.71. The molecule has 0 unspecified atom stereocenters. The van der Waals surface area contributed by atoms with Crippen molar-refractivity contribution in [1.82, 2.24) is 10.4 Å². The van der Waals surface area contributed by atoms with Crippen molar-refractivity contribution in [2.45, 2.75) is 6.92 Å². The molecular weight excluding hydrogens is 284 g/mol. The van der Waals surface area contributed by atoms with Crippen molar-refractivity contribution < 1.29 is 4.79 Å². The lowest BCUT2D eigenvalue weighted by Crippen LogP contribution is -2.17. The van der Waals surface area contributed by atoms with Crippen LogP contribution in [-0.2, 0) is 0 Å². The highest BCUT2D eigenvalue weighted by atomic mass is 35.5. The molecule has 0 atom stereocenters. The van der Waals surface area contributed by atoms with E-state index in [1.54, 1.807) is 31.2 Å². The second-order valence-corrected chi connectivity index (χ2v) is 5.18. The molecule has 3 N–H and O–H groups in total. The van der Waals surface area contributed by atoms with Gasteiger partial charge in [-0.1, -0.05) is 35.1 Å². The highest BCUT2D eigenvalue weighted by molar-refractivity contribution is 7.17. The quantitative estimate of drug-likeness (QED) is 0.674. The normalized spacial score (nSPS) is 10.8. The number of nitrogen functional groups attached to an aromatic ring is 1. The van der Waals surface area contributed by atoms with Crippen LogP contribution in [0.2, 0.25) is 5.02 Å². The first-order valence-corrected chi connectivity index (χ1v) is 6.57. The number of nitrogens with zero attached hydrogens (tertiary/aromatic N) is 2. The maximum Gasteiger partial charge on any atom is 0.283 e. The summed E-state index contributed by atoms with van der Waals surface area (Å²) < 4.78 is 0. The molecule has 0 radical (unpaired) electrons. The van der Waals surface area contributed by atoms with Crippen molar-refractivity contribution >= 4 is 40.2 Å². The van der Waals surface area contributed by atoms with Gasteiger partial charge in [-0.15, -0.1) is 0 Å². The van der Waals surface area contributed by atoms with Gasteiger partial charge >= 0.3 is 0 Å². The fraction of sp³-hybridized carbons (Fsp3) is 0.0833. The van der Waals surface area contributed by atoms with Gasteiger partial charge in [0, 0.05) is 5.02 Å². The fourth-order valence-corrected chi connectivity index (χ4v) is 2.24. The van der Waals surface area contributed by atoms with Gasteiger partial charge in [0.05, 0.1) is 11.9 Å². The van der Waals surface area contributed by atoms with Gasteiger partial charge < -0.3 is 5.73 Å². The highest BCUT2D eigenvalue weighted by Crippen LogP contribution is 2.19. The number of aromatic nitrogens is 1. The van der Waals surface area contributed by atoms with Gasteiger partial charge in [-0.05, 0) is 24.6 Å². The standard InChI is InChI=1S/C12H11ClN4OS/c1-7-10(19-12(14)16-7)11(18)17-15-6-8-2-4-9(13)5-3-8/h2-6H,1H3,(H2,14,16)(H,17,18). The number of carbonyl (C=O) groups excluding carboxylic acids is 1. The van der Waals surface area contributed by atoms with Gasteiger partial charge in [0.2, 0.25) is 0 Å². The lowest BCUT2D eigenvalue weighted by molar-refractivity contribution is 0.0958. The molecule has 1 heterocycles. The summed E-state index contributed by atoms with van der Waals surface area (Å²) in [5.41, 5.74) is 9.39. The third-order valence-electron chi connectivity index (χ3n) is 2.27. The van der Waals surface area contributed by atoms with E-state index in [0.29, 0.717) is 20.7 Å². The number of hydrogen-bond acceptors (Lipinski definition) is 5. The van der Waals surface area contributed by atoms with Crippen molar-refractivity contribution in [2.24, 2.45) is 5.10 Å². The van der Waals surface area contributed by atoms with Crippen molar-refractivity contribution in [3.63, 3.8) is 0 Å². The Kier molecular flexibility index (Phi) is 4.13. The van der Waals surface area contributed by atoms with E-state index in [4.69, 9.17) is 17.3 Å². The first-order valence-electron chi connectivity index (χ1n) is 5.38. The number of thiazole rings is 1. The number of hydrogen-bond donors (Lipinski definition) is 2. The van der Waals surface area contributed by atoms with E-state index < -0.39 is 0 Å². The first-order chi connectivity index (χ1) is 9.06. The minimum absolute atomic E-state index is 0.322. The summed E-state index contributed by atoms with van der Waals surface area (Å²) in [6.45, 7) is 1.73. The Morgan fingerprint density at radius 3 is 2.74 bits per heavy atom. The van der Waals surface area contributed by atoms with E-state index in [1.807, 2.05) is 0 Å². The Hall–Kier alpha value is -1.92. The van der Waals surface area contributed by atoms with E-state index in [-0.39, 0.29) is 5.91 Å². The van der Waals surface area contributed by atoms with Crippen LogP contribution >= 0.6 is 22.9 Å². The lowest BCUT2D eigenvalue weighted by Gasteiger charge is -1.97. The predicted octanol–water partition coefficient (Wildman–Crippen LogP) is 2.45. The Morgan fingerprint density at radius 2 is 2.16 bits per heavy atom. The zero-order valence-corrected chi connectivity index (χ0v) is 11.6. The number of benzene rings is 1.